The summed E-state index contributed by atoms with van der Waals surface area (Å²) >= 11 is 1.81. The molecule has 0 amide bonds. The summed E-state index contributed by atoms with van der Waals surface area (Å²) in [5, 5.41) is 8.72. The highest BCUT2D eigenvalue weighted by atomic mass is 32.2. The zero-order valence-corrected chi connectivity index (χ0v) is 11.5. The van der Waals surface area contributed by atoms with Crippen molar-refractivity contribution in [3.63, 3.8) is 0 Å². The van der Waals surface area contributed by atoms with E-state index in [0.717, 1.165) is 19.3 Å². The molecule has 0 aliphatic heterocycles. The minimum absolute atomic E-state index is 0.0465. The van der Waals surface area contributed by atoms with Crippen molar-refractivity contribution >= 4 is 21.8 Å². The molecule has 6 heteroatoms. The van der Waals surface area contributed by atoms with Gasteiger partial charge in [-0.25, -0.2) is 13.1 Å². The summed E-state index contributed by atoms with van der Waals surface area (Å²) in [5.74, 6) is 0. The molecule has 1 aliphatic carbocycles. The predicted molar refractivity (Wildman–Crippen MR) is 68.2 cm³/mol. The van der Waals surface area contributed by atoms with E-state index in [1.807, 2.05) is 0 Å². The zero-order chi connectivity index (χ0) is 12.2. The monoisotopic (exact) mass is 267 g/mol. The zero-order valence-electron chi connectivity index (χ0n) is 9.85. The lowest BCUT2D eigenvalue weighted by Gasteiger charge is -2.29. The van der Waals surface area contributed by atoms with Crippen LogP contribution in [0.15, 0.2) is 0 Å². The van der Waals surface area contributed by atoms with Gasteiger partial charge in [0.1, 0.15) is 0 Å². The second-order valence-electron chi connectivity index (χ2n) is 4.38. The van der Waals surface area contributed by atoms with Gasteiger partial charge < -0.3 is 5.11 Å². The Labute approximate surface area is 102 Å². The first-order chi connectivity index (χ1) is 7.49. The number of thioether (sulfide) groups is 1. The fourth-order valence-electron chi connectivity index (χ4n) is 1.91. The molecule has 1 saturated carbocycles. The predicted octanol–water partition coefficient (Wildman–Crippen LogP) is 0.961. The molecule has 1 fully saturated rings. The van der Waals surface area contributed by atoms with Crippen LogP contribution in [0.4, 0.5) is 0 Å². The van der Waals surface area contributed by atoms with Gasteiger partial charge in [-0.15, -0.1) is 0 Å². The third-order valence-corrected chi connectivity index (χ3v) is 6.04. The number of sulfonamides is 1. The highest BCUT2D eigenvalue weighted by Gasteiger charge is 2.27. The Morgan fingerprint density at radius 3 is 2.75 bits per heavy atom. The molecule has 0 spiro atoms. The minimum atomic E-state index is -3.35. The van der Waals surface area contributed by atoms with Crippen LogP contribution in [0.3, 0.4) is 0 Å². The molecular weight excluding hydrogens is 246 g/mol. The van der Waals surface area contributed by atoms with Gasteiger partial charge in [0.25, 0.3) is 0 Å². The van der Waals surface area contributed by atoms with Crippen molar-refractivity contribution in [2.75, 3.05) is 12.9 Å². The van der Waals surface area contributed by atoms with Crippen molar-refractivity contribution in [3.8, 4) is 0 Å². The van der Waals surface area contributed by atoms with Crippen LogP contribution in [0.2, 0.25) is 0 Å². The van der Waals surface area contributed by atoms with Crippen LogP contribution in [0.25, 0.3) is 0 Å². The lowest BCUT2D eigenvalue weighted by atomic mass is 9.96. The first-order valence-electron chi connectivity index (χ1n) is 5.64. The van der Waals surface area contributed by atoms with E-state index >= 15 is 0 Å². The Morgan fingerprint density at radius 2 is 2.19 bits per heavy atom. The van der Waals surface area contributed by atoms with Crippen LogP contribution < -0.4 is 4.72 Å². The number of rotatable bonds is 5. The van der Waals surface area contributed by atoms with Crippen molar-refractivity contribution in [2.24, 2.45) is 0 Å². The Kier molecular flexibility index (Phi) is 5.56. The van der Waals surface area contributed by atoms with Gasteiger partial charge in [0, 0.05) is 11.3 Å². The molecule has 0 radical (unpaired) electrons. The molecule has 0 aromatic rings. The van der Waals surface area contributed by atoms with Gasteiger partial charge in [-0.1, -0.05) is 6.42 Å². The molecule has 3 atom stereocenters. The molecule has 2 N–H and O–H groups in total. The molecular formula is C10H21NO3S2. The van der Waals surface area contributed by atoms with E-state index in [9.17, 15) is 8.42 Å². The number of aliphatic hydroxyl groups is 1. The van der Waals surface area contributed by atoms with Crippen molar-refractivity contribution in [1.82, 2.24) is 4.72 Å². The van der Waals surface area contributed by atoms with E-state index in [1.165, 1.54) is 13.3 Å². The lowest BCUT2D eigenvalue weighted by Crippen LogP contribution is -2.43. The molecule has 96 valence electrons. The summed E-state index contributed by atoms with van der Waals surface area (Å²) in [4.78, 5) is 0. The molecule has 1 aliphatic rings. The third-order valence-electron chi connectivity index (χ3n) is 3.08. The number of hydrogen-bond donors (Lipinski definition) is 2. The van der Waals surface area contributed by atoms with Crippen LogP contribution in [0, 0.1) is 0 Å². The molecule has 16 heavy (non-hydrogen) atoms. The Hall–Kier alpha value is 0.220. The van der Waals surface area contributed by atoms with Crippen LogP contribution in [-0.2, 0) is 10.0 Å². The Balaban J connectivity index is 2.53. The lowest BCUT2D eigenvalue weighted by molar-refractivity contribution is 0.293. The molecule has 0 aromatic carbocycles. The van der Waals surface area contributed by atoms with Gasteiger partial charge in [0.2, 0.25) is 10.0 Å². The maximum absolute atomic E-state index is 11.7. The molecule has 0 bridgehead atoms. The molecule has 3 unspecified atom stereocenters. The van der Waals surface area contributed by atoms with Gasteiger partial charge in [-0.3, -0.25) is 0 Å². The summed E-state index contributed by atoms with van der Waals surface area (Å²) in [7, 11) is -3.35. The van der Waals surface area contributed by atoms with E-state index in [-0.39, 0.29) is 12.6 Å². The van der Waals surface area contributed by atoms with Gasteiger partial charge in [-0.05, 0) is 32.4 Å². The molecule has 0 saturated heterocycles. The summed E-state index contributed by atoms with van der Waals surface area (Å²) in [6.45, 7) is 1.20. The second-order valence-corrected chi connectivity index (χ2v) is 7.65. The normalized spacial score (nSPS) is 28.9. The number of hydrogen-bond acceptors (Lipinski definition) is 4. The Morgan fingerprint density at radius 1 is 1.50 bits per heavy atom. The summed E-state index contributed by atoms with van der Waals surface area (Å²) in [5.41, 5.74) is 0. The van der Waals surface area contributed by atoms with Crippen LogP contribution in [0.5, 0.6) is 0 Å². The van der Waals surface area contributed by atoms with Crippen molar-refractivity contribution < 1.29 is 13.5 Å². The SMILES string of the molecule is CSC1CCCC(NS(=O)(=O)C(C)CO)C1. The summed E-state index contributed by atoms with van der Waals surface area (Å²) < 4.78 is 26.2. The van der Waals surface area contributed by atoms with Crippen LogP contribution in [0.1, 0.15) is 32.6 Å². The quantitative estimate of drug-likeness (QED) is 0.778. The molecule has 0 heterocycles. The summed E-state index contributed by atoms with van der Waals surface area (Å²) in [6.07, 6.45) is 6.13. The molecule has 0 aromatic heterocycles. The fourth-order valence-corrected chi connectivity index (χ4v) is 3.85. The van der Waals surface area contributed by atoms with Gasteiger partial charge in [0.05, 0.1) is 11.9 Å². The Bertz CT molecular complexity index is 305. The van der Waals surface area contributed by atoms with Gasteiger partial charge in [0.15, 0.2) is 0 Å². The van der Waals surface area contributed by atoms with Gasteiger partial charge >= 0.3 is 0 Å². The first-order valence-corrected chi connectivity index (χ1v) is 8.47. The van der Waals surface area contributed by atoms with Crippen molar-refractivity contribution in [3.05, 3.63) is 0 Å². The minimum Gasteiger partial charge on any atom is -0.395 e. The molecule has 4 nitrogen and oxygen atoms in total. The summed E-state index contributed by atoms with van der Waals surface area (Å²) in [6, 6.07) is 0.0465. The average molecular weight is 267 g/mol. The second kappa shape index (κ2) is 6.23. The largest absolute Gasteiger partial charge is 0.395 e. The maximum Gasteiger partial charge on any atom is 0.216 e. The standard InChI is InChI=1S/C10H21NO3S2/c1-8(7-12)16(13,14)11-9-4-3-5-10(6-9)15-2/h8-12H,3-7H2,1-2H3. The van der Waals surface area contributed by atoms with Crippen LogP contribution in [-0.4, -0.2) is 42.9 Å². The van der Waals surface area contributed by atoms with E-state index in [4.69, 9.17) is 5.11 Å². The van der Waals surface area contributed by atoms with E-state index in [0.29, 0.717) is 5.25 Å². The highest BCUT2D eigenvalue weighted by Crippen LogP contribution is 2.27. The topological polar surface area (TPSA) is 66.4 Å². The first kappa shape index (κ1) is 14.3. The fraction of sp³-hybridized carbons (Fsp3) is 1.00. The smallest absolute Gasteiger partial charge is 0.216 e. The van der Waals surface area contributed by atoms with Crippen molar-refractivity contribution in [2.45, 2.75) is 49.1 Å². The molecule has 1 rings (SSSR count). The highest BCUT2D eigenvalue weighted by molar-refractivity contribution is 7.99. The van der Waals surface area contributed by atoms with Crippen LogP contribution >= 0.6 is 11.8 Å². The van der Waals surface area contributed by atoms with Gasteiger partial charge in [-0.2, -0.15) is 11.8 Å². The number of aliphatic hydroxyl groups excluding tert-OH is 1. The van der Waals surface area contributed by atoms with E-state index < -0.39 is 15.3 Å². The van der Waals surface area contributed by atoms with Crippen molar-refractivity contribution in [1.29, 1.82) is 0 Å². The van der Waals surface area contributed by atoms with E-state index in [2.05, 4.69) is 11.0 Å². The number of nitrogens with one attached hydrogen (secondary N) is 1. The average Bonchev–Trinajstić information content (AvgIpc) is 2.27. The maximum atomic E-state index is 11.7. The third kappa shape index (κ3) is 3.91. The van der Waals surface area contributed by atoms with E-state index in [1.54, 1.807) is 11.8 Å².